The van der Waals surface area contributed by atoms with Crippen LogP contribution in [0.2, 0.25) is 5.02 Å². The van der Waals surface area contributed by atoms with E-state index >= 15 is 0 Å². The average Bonchev–Trinajstić information content (AvgIpc) is 2.65. The summed E-state index contributed by atoms with van der Waals surface area (Å²) in [6.07, 6.45) is 1.34. The van der Waals surface area contributed by atoms with Crippen molar-refractivity contribution >= 4 is 27.5 Å². The maximum atomic E-state index is 12.8. The fourth-order valence-corrected chi connectivity index (χ4v) is 3.61. The van der Waals surface area contributed by atoms with E-state index in [0.717, 1.165) is 0 Å². The SMILES string of the molecule is C[C@H](NS(=O)(=O)c1ccc(Cl)cc1)C(=O)NCCCCOc1ccc(F)cc1. The monoisotopic (exact) mass is 428 g/mol. The van der Waals surface area contributed by atoms with Crippen molar-refractivity contribution in [3.63, 3.8) is 0 Å². The van der Waals surface area contributed by atoms with Crippen LogP contribution in [0, 0.1) is 5.82 Å². The highest BCUT2D eigenvalue weighted by atomic mass is 35.5. The van der Waals surface area contributed by atoms with Crippen molar-refractivity contribution in [3.05, 3.63) is 59.4 Å². The van der Waals surface area contributed by atoms with Gasteiger partial charge in [0.05, 0.1) is 17.5 Å². The van der Waals surface area contributed by atoms with Crippen LogP contribution in [-0.4, -0.2) is 33.5 Å². The summed E-state index contributed by atoms with van der Waals surface area (Å²) in [5.74, 6) is -0.163. The summed E-state index contributed by atoms with van der Waals surface area (Å²) >= 11 is 5.75. The van der Waals surface area contributed by atoms with E-state index in [9.17, 15) is 17.6 Å². The summed E-state index contributed by atoms with van der Waals surface area (Å²) in [5, 5.41) is 3.10. The number of halogens is 2. The van der Waals surface area contributed by atoms with Crippen molar-refractivity contribution in [2.75, 3.05) is 13.2 Å². The first-order valence-electron chi connectivity index (χ1n) is 8.72. The number of carbonyl (C=O) groups excluding carboxylic acids is 1. The van der Waals surface area contributed by atoms with Crippen LogP contribution in [0.4, 0.5) is 4.39 Å². The van der Waals surface area contributed by atoms with Crippen molar-refractivity contribution in [3.8, 4) is 5.75 Å². The quantitative estimate of drug-likeness (QED) is 0.569. The van der Waals surface area contributed by atoms with Crippen molar-refractivity contribution < 1.29 is 22.3 Å². The third-order valence-electron chi connectivity index (χ3n) is 3.80. The molecule has 0 bridgehead atoms. The van der Waals surface area contributed by atoms with Gasteiger partial charge in [0, 0.05) is 11.6 Å². The highest BCUT2D eigenvalue weighted by molar-refractivity contribution is 7.89. The van der Waals surface area contributed by atoms with Gasteiger partial charge in [-0.3, -0.25) is 4.79 Å². The molecule has 2 aromatic rings. The Hall–Kier alpha value is -2.16. The van der Waals surface area contributed by atoms with E-state index in [0.29, 0.717) is 36.8 Å². The number of unbranched alkanes of at least 4 members (excludes halogenated alkanes) is 1. The van der Waals surface area contributed by atoms with Crippen molar-refractivity contribution in [2.45, 2.75) is 30.7 Å². The van der Waals surface area contributed by atoms with Crippen LogP contribution in [0.3, 0.4) is 0 Å². The molecule has 2 N–H and O–H groups in total. The number of rotatable bonds is 10. The molecule has 152 valence electrons. The molecule has 1 atom stereocenters. The molecule has 0 aliphatic rings. The zero-order chi connectivity index (χ0) is 20.6. The minimum Gasteiger partial charge on any atom is -0.494 e. The van der Waals surface area contributed by atoms with E-state index in [-0.39, 0.29) is 10.7 Å². The van der Waals surface area contributed by atoms with Gasteiger partial charge in [-0.05, 0) is 68.3 Å². The number of nitrogens with one attached hydrogen (secondary N) is 2. The number of benzene rings is 2. The number of carbonyl (C=O) groups is 1. The lowest BCUT2D eigenvalue weighted by molar-refractivity contribution is -0.122. The Morgan fingerprint density at radius 3 is 2.39 bits per heavy atom. The van der Waals surface area contributed by atoms with Crippen LogP contribution in [0.5, 0.6) is 5.75 Å². The maximum absolute atomic E-state index is 12.8. The molecule has 0 aliphatic carbocycles. The first-order valence-corrected chi connectivity index (χ1v) is 10.6. The van der Waals surface area contributed by atoms with E-state index in [1.165, 1.54) is 43.3 Å². The van der Waals surface area contributed by atoms with Gasteiger partial charge < -0.3 is 10.1 Å². The van der Waals surface area contributed by atoms with E-state index in [4.69, 9.17) is 16.3 Å². The lowest BCUT2D eigenvalue weighted by Crippen LogP contribution is -2.44. The van der Waals surface area contributed by atoms with Gasteiger partial charge in [-0.15, -0.1) is 0 Å². The Labute approximate surface area is 169 Å². The third kappa shape index (κ3) is 7.10. The largest absolute Gasteiger partial charge is 0.494 e. The zero-order valence-corrected chi connectivity index (χ0v) is 16.9. The summed E-state index contributed by atoms with van der Waals surface area (Å²) in [6, 6.07) is 10.5. The van der Waals surface area contributed by atoms with Crippen LogP contribution in [0.15, 0.2) is 53.4 Å². The molecule has 1 amide bonds. The van der Waals surface area contributed by atoms with Gasteiger partial charge in [-0.1, -0.05) is 11.6 Å². The van der Waals surface area contributed by atoms with E-state index in [1.54, 1.807) is 12.1 Å². The van der Waals surface area contributed by atoms with Crippen LogP contribution < -0.4 is 14.8 Å². The van der Waals surface area contributed by atoms with Gasteiger partial charge in [0.2, 0.25) is 15.9 Å². The summed E-state index contributed by atoms with van der Waals surface area (Å²) in [6.45, 7) is 2.29. The minimum atomic E-state index is -3.81. The molecule has 0 saturated carbocycles. The Bertz CT molecular complexity index is 874. The number of hydrogen-bond acceptors (Lipinski definition) is 4. The number of amides is 1. The number of ether oxygens (including phenoxy) is 1. The Morgan fingerprint density at radius 2 is 1.75 bits per heavy atom. The lowest BCUT2D eigenvalue weighted by atomic mass is 10.3. The molecule has 0 fully saturated rings. The summed E-state index contributed by atoms with van der Waals surface area (Å²) in [4.78, 5) is 12.1. The van der Waals surface area contributed by atoms with Gasteiger partial charge in [-0.2, -0.15) is 4.72 Å². The predicted octanol–water partition coefficient (Wildman–Crippen LogP) is 3.12. The summed E-state index contributed by atoms with van der Waals surface area (Å²) < 4.78 is 45.1. The smallest absolute Gasteiger partial charge is 0.241 e. The van der Waals surface area contributed by atoms with Crippen LogP contribution in [-0.2, 0) is 14.8 Å². The van der Waals surface area contributed by atoms with Crippen LogP contribution in [0.1, 0.15) is 19.8 Å². The lowest BCUT2D eigenvalue weighted by Gasteiger charge is -2.14. The Balaban J connectivity index is 1.67. The molecule has 2 rings (SSSR count). The molecule has 0 saturated heterocycles. The predicted molar refractivity (Wildman–Crippen MR) is 105 cm³/mol. The Morgan fingerprint density at radius 1 is 1.11 bits per heavy atom. The van der Waals surface area contributed by atoms with Crippen molar-refractivity contribution in [1.29, 1.82) is 0 Å². The topological polar surface area (TPSA) is 84.5 Å². The van der Waals surface area contributed by atoms with Gasteiger partial charge in [0.15, 0.2) is 0 Å². The number of hydrogen-bond donors (Lipinski definition) is 2. The fraction of sp³-hybridized carbons (Fsp3) is 0.316. The molecule has 0 heterocycles. The van der Waals surface area contributed by atoms with Crippen molar-refractivity contribution in [2.24, 2.45) is 0 Å². The Kier molecular flexibility index (Phi) is 8.22. The van der Waals surface area contributed by atoms with E-state index in [1.807, 2.05) is 0 Å². The second kappa shape index (κ2) is 10.4. The standard InChI is InChI=1S/C19H22ClFN2O4S/c1-14(23-28(25,26)18-10-4-15(20)5-11-18)19(24)22-12-2-3-13-27-17-8-6-16(21)7-9-17/h4-11,14,23H,2-3,12-13H2,1H3,(H,22,24)/t14-/m0/s1. The molecule has 0 spiro atoms. The molecule has 2 aromatic carbocycles. The normalized spacial score (nSPS) is 12.4. The molecular formula is C19H22ClFN2O4S. The molecular weight excluding hydrogens is 407 g/mol. The summed E-state index contributed by atoms with van der Waals surface area (Å²) in [7, 11) is -3.81. The van der Waals surface area contributed by atoms with Crippen molar-refractivity contribution in [1.82, 2.24) is 10.0 Å². The summed E-state index contributed by atoms with van der Waals surface area (Å²) in [5.41, 5.74) is 0. The molecule has 0 radical (unpaired) electrons. The molecule has 0 aliphatic heterocycles. The third-order valence-corrected chi connectivity index (χ3v) is 5.61. The van der Waals surface area contributed by atoms with E-state index in [2.05, 4.69) is 10.0 Å². The van der Waals surface area contributed by atoms with Crippen LogP contribution in [0.25, 0.3) is 0 Å². The second-order valence-corrected chi connectivity index (χ2v) is 8.25. The van der Waals surface area contributed by atoms with Gasteiger partial charge in [0.25, 0.3) is 0 Å². The molecule has 9 heteroatoms. The van der Waals surface area contributed by atoms with Gasteiger partial charge in [0.1, 0.15) is 11.6 Å². The highest BCUT2D eigenvalue weighted by Gasteiger charge is 2.21. The molecule has 0 unspecified atom stereocenters. The average molecular weight is 429 g/mol. The zero-order valence-electron chi connectivity index (χ0n) is 15.3. The first-order chi connectivity index (χ1) is 13.3. The van der Waals surface area contributed by atoms with E-state index < -0.39 is 22.0 Å². The maximum Gasteiger partial charge on any atom is 0.241 e. The highest BCUT2D eigenvalue weighted by Crippen LogP contribution is 2.14. The van der Waals surface area contributed by atoms with Gasteiger partial charge in [-0.25, -0.2) is 12.8 Å². The van der Waals surface area contributed by atoms with Crippen LogP contribution >= 0.6 is 11.6 Å². The fourth-order valence-electron chi connectivity index (χ4n) is 2.28. The number of sulfonamides is 1. The minimum absolute atomic E-state index is 0.0366. The second-order valence-electron chi connectivity index (χ2n) is 6.10. The molecule has 6 nitrogen and oxygen atoms in total. The molecule has 0 aromatic heterocycles. The van der Waals surface area contributed by atoms with Gasteiger partial charge >= 0.3 is 0 Å². The molecule has 28 heavy (non-hydrogen) atoms. The first kappa shape index (κ1) is 22.1.